The van der Waals surface area contributed by atoms with Crippen molar-refractivity contribution in [2.45, 2.75) is 38.8 Å². The van der Waals surface area contributed by atoms with E-state index in [0.717, 1.165) is 11.3 Å². The van der Waals surface area contributed by atoms with Crippen LogP contribution in [0, 0.1) is 19.7 Å². The van der Waals surface area contributed by atoms with Crippen molar-refractivity contribution in [3.8, 4) is 0 Å². The third-order valence-corrected chi connectivity index (χ3v) is 6.72. The number of benzene rings is 2. The number of fused-ring (bicyclic) bond motifs is 2. The van der Waals surface area contributed by atoms with Gasteiger partial charge < -0.3 is 9.80 Å². The number of carbonyl (C=O) groups excluding carboxylic acids is 2. The Morgan fingerprint density at radius 2 is 1.88 bits per heavy atom. The summed E-state index contributed by atoms with van der Waals surface area (Å²) in [5.74, 6) is -1.24. The second-order valence-electron chi connectivity index (χ2n) is 8.65. The van der Waals surface area contributed by atoms with Gasteiger partial charge in [0.1, 0.15) is 11.9 Å². The van der Waals surface area contributed by atoms with E-state index >= 15 is 0 Å². The Labute approximate surface area is 189 Å². The second-order valence-corrected chi connectivity index (χ2v) is 8.65. The molecule has 168 valence electrons. The van der Waals surface area contributed by atoms with E-state index in [0.29, 0.717) is 36.2 Å². The van der Waals surface area contributed by atoms with E-state index in [2.05, 4.69) is 10.2 Å². The molecule has 1 N–H and O–H groups in total. The van der Waals surface area contributed by atoms with Crippen molar-refractivity contribution < 1.29 is 14.0 Å². The molecule has 0 saturated carbocycles. The number of rotatable bonds is 4. The van der Waals surface area contributed by atoms with E-state index in [1.165, 1.54) is 17.0 Å². The van der Waals surface area contributed by atoms with Crippen LogP contribution in [0.3, 0.4) is 0 Å². The fourth-order valence-corrected chi connectivity index (χ4v) is 4.77. The molecule has 0 radical (unpaired) electrons. The lowest BCUT2D eigenvalue weighted by molar-refractivity contribution is -0.121. The highest BCUT2D eigenvalue weighted by Crippen LogP contribution is 2.36. The Bertz CT molecular complexity index is 1320. The molecule has 8 heteroatoms. The minimum Gasteiger partial charge on any atom is -0.324 e. The van der Waals surface area contributed by atoms with Gasteiger partial charge in [0.25, 0.3) is 11.5 Å². The molecule has 2 atom stereocenters. The summed E-state index contributed by atoms with van der Waals surface area (Å²) in [7, 11) is 0. The number of nitrogens with one attached hydrogen (secondary N) is 1. The van der Waals surface area contributed by atoms with Gasteiger partial charge >= 0.3 is 0 Å². The average Bonchev–Trinajstić information content (AvgIpc) is 3.39. The Balaban J connectivity index is 1.39. The number of carbonyl (C=O) groups is 2. The van der Waals surface area contributed by atoms with E-state index in [9.17, 15) is 18.8 Å². The molecule has 2 amide bonds. The number of para-hydroxylation sites is 1. The number of amides is 2. The summed E-state index contributed by atoms with van der Waals surface area (Å²) in [4.78, 5) is 41.2. The lowest BCUT2D eigenvalue weighted by Gasteiger charge is -2.34. The molecule has 7 nitrogen and oxygen atoms in total. The summed E-state index contributed by atoms with van der Waals surface area (Å²) < 4.78 is 14.7. The zero-order valence-electron chi connectivity index (χ0n) is 18.3. The monoisotopic (exact) mass is 446 g/mol. The lowest BCUT2D eigenvalue weighted by atomic mass is 10.0. The first-order valence-corrected chi connectivity index (χ1v) is 10.9. The average molecular weight is 446 g/mol. The van der Waals surface area contributed by atoms with Crippen LogP contribution in [0.25, 0.3) is 0 Å². The Kier molecular flexibility index (Phi) is 5.08. The van der Waals surface area contributed by atoms with E-state index in [1.54, 1.807) is 17.9 Å². The van der Waals surface area contributed by atoms with Crippen LogP contribution < -0.4 is 10.5 Å². The minimum absolute atomic E-state index is 0.0575. The predicted molar refractivity (Wildman–Crippen MR) is 121 cm³/mol. The van der Waals surface area contributed by atoms with Crippen molar-refractivity contribution in [2.75, 3.05) is 11.4 Å². The molecule has 33 heavy (non-hydrogen) atoms. The molecule has 2 aliphatic rings. The molecule has 0 unspecified atom stereocenters. The molecule has 5 rings (SSSR count). The van der Waals surface area contributed by atoms with Crippen LogP contribution in [0.2, 0.25) is 0 Å². The summed E-state index contributed by atoms with van der Waals surface area (Å²) in [6.45, 7) is 3.90. The number of aromatic amines is 1. The Morgan fingerprint density at radius 3 is 2.61 bits per heavy atom. The van der Waals surface area contributed by atoms with Crippen LogP contribution >= 0.6 is 0 Å². The van der Waals surface area contributed by atoms with Gasteiger partial charge in [-0.15, -0.1) is 0 Å². The smallest absolute Gasteiger partial charge is 0.267 e. The number of nitrogens with zero attached hydrogens (tertiary/aromatic N) is 3. The maximum atomic E-state index is 14.7. The van der Waals surface area contributed by atoms with Crippen LogP contribution in [-0.4, -0.2) is 45.5 Å². The van der Waals surface area contributed by atoms with Gasteiger partial charge in [0, 0.05) is 24.2 Å². The molecule has 1 aromatic heterocycles. The van der Waals surface area contributed by atoms with E-state index < -0.39 is 17.8 Å². The fraction of sp³-hybridized carbons (Fsp3) is 0.280. The fourth-order valence-electron chi connectivity index (χ4n) is 4.77. The highest BCUT2D eigenvalue weighted by atomic mass is 19.1. The van der Waals surface area contributed by atoms with Gasteiger partial charge in [-0.2, -0.15) is 5.10 Å². The Hall–Kier alpha value is -3.81. The van der Waals surface area contributed by atoms with Crippen LogP contribution in [0.1, 0.15) is 39.2 Å². The zero-order valence-corrected chi connectivity index (χ0v) is 18.3. The first-order valence-electron chi connectivity index (χ1n) is 10.9. The molecule has 0 spiro atoms. The van der Waals surface area contributed by atoms with Crippen molar-refractivity contribution in [3.05, 3.63) is 92.6 Å². The molecule has 2 bridgehead atoms. The molecule has 2 aliphatic heterocycles. The van der Waals surface area contributed by atoms with Gasteiger partial charge in [-0.25, -0.2) is 9.49 Å². The number of piperazine rings is 1. The molecule has 2 saturated heterocycles. The zero-order chi connectivity index (χ0) is 23.3. The van der Waals surface area contributed by atoms with Crippen LogP contribution in [0.15, 0.2) is 53.3 Å². The van der Waals surface area contributed by atoms with E-state index in [1.807, 2.05) is 37.3 Å². The molecule has 0 aliphatic carbocycles. The number of aromatic nitrogens is 2. The molecule has 3 heterocycles. The molecule has 2 aromatic carbocycles. The van der Waals surface area contributed by atoms with E-state index in [4.69, 9.17) is 0 Å². The molecular formula is C25H23FN4O3. The van der Waals surface area contributed by atoms with Crippen LogP contribution in [-0.2, 0) is 11.2 Å². The molecular weight excluding hydrogens is 423 g/mol. The standard InChI is InChI=1S/C25H23FN4O3/c1-14-15(2)23(31)28-27-21(14)11-16-8-9-20(26)19(10-16)24(32)29-13-18-12-22(29)25(33)30(18)17-6-4-3-5-7-17/h3-10,18,22H,11-13H2,1-2H3,(H,28,31)/t18-,22-/m0/s1. The predicted octanol–water partition coefficient (Wildman–Crippen LogP) is 2.75. The Morgan fingerprint density at radius 1 is 1.12 bits per heavy atom. The highest BCUT2D eigenvalue weighted by molar-refractivity contribution is 6.06. The van der Waals surface area contributed by atoms with Crippen molar-refractivity contribution in [2.24, 2.45) is 0 Å². The number of hydrogen-bond acceptors (Lipinski definition) is 4. The van der Waals surface area contributed by atoms with E-state index in [-0.39, 0.29) is 23.1 Å². The first kappa shape index (κ1) is 21.1. The van der Waals surface area contributed by atoms with Crippen molar-refractivity contribution in [3.63, 3.8) is 0 Å². The van der Waals surface area contributed by atoms with Gasteiger partial charge in [-0.1, -0.05) is 24.3 Å². The van der Waals surface area contributed by atoms with Crippen molar-refractivity contribution in [1.29, 1.82) is 0 Å². The van der Waals surface area contributed by atoms with Gasteiger partial charge in [-0.05, 0) is 55.7 Å². The van der Waals surface area contributed by atoms with Crippen LogP contribution in [0.5, 0.6) is 0 Å². The SMILES string of the molecule is Cc1c(Cc2ccc(F)c(C(=O)N3C[C@@H]4C[C@H]3C(=O)N4c3ccccc3)c2)n[nH]c(=O)c1C. The summed E-state index contributed by atoms with van der Waals surface area (Å²) >= 11 is 0. The van der Waals surface area contributed by atoms with Gasteiger partial charge in [-0.3, -0.25) is 14.4 Å². The van der Waals surface area contributed by atoms with Crippen LogP contribution in [0.4, 0.5) is 10.1 Å². The number of H-pyrrole nitrogens is 1. The summed E-state index contributed by atoms with van der Waals surface area (Å²) in [6.07, 6.45) is 0.886. The summed E-state index contributed by atoms with van der Waals surface area (Å²) in [5.41, 5.74) is 3.21. The van der Waals surface area contributed by atoms with Crippen molar-refractivity contribution in [1.82, 2.24) is 15.1 Å². The molecule has 2 fully saturated rings. The summed E-state index contributed by atoms with van der Waals surface area (Å²) in [6, 6.07) is 13.1. The third-order valence-electron chi connectivity index (χ3n) is 6.72. The number of halogens is 1. The highest BCUT2D eigenvalue weighted by Gasteiger charge is 2.52. The topological polar surface area (TPSA) is 86.4 Å². The quantitative estimate of drug-likeness (QED) is 0.668. The molecule has 3 aromatic rings. The van der Waals surface area contributed by atoms with Gasteiger partial charge in [0.2, 0.25) is 5.91 Å². The lowest BCUT2D eigenvalue weighted by Crippen LogP contribution is -2.52. The van der Waals surface area contributed by atoms with Crippen molar-refractivity contribution >= 4 is 17.5 Å². The minimum atomic E-state index is -0.624. The van der Waals surface area contributed by atoms with Gasteiger partial charge in [0.15, 0.2) is 0 Å². The van der Waals surface area contributed by atoms with Gasteiger partial charge in [0.05, 0.1) is 17.3 Å². The number of hydrogen-bond donors (Lipinski definition) is 1. The maximum absolute atomic E-state index is 14.7. The normalized spacial score (nSPS) is 19.4. The summed E-state index contributed by atoms with van der Waals surface area (Å²) in [5, 5.41) is 6.58. The second kappa shape index (κ2) is 7.95. The number of likely N-dealkylation sites (tertiary alicyclic amines) is 1. The maximum Gasteiger partial charge on any atom is 0.267 e. The third kappa shape index (κ3) is 3.51. The largest absolute Gasteiger partial charge is 0.324 e. The number of anilines is 1. The first-order chi connectivity index (χ1) is 15.8.